The fourth-order valence-corrected chi connectivity index (χ4v) is 1.66. The minimum absolute atomic E-state index is 0.0934. The van der Waals surface area contributed by atoms with Crippen LogP contribution in [0.15, 0.2) is 24.3 Å². The molecule has 0 bridgehead atoms. The van der Waals surface area contributed by atoms with Gasteiger partial charge in [-0.05, 0) is 44.9 Å². The lowest BCUT2D eigenvalue weighted by molar-refractivity contribution is -0.155. The van der Waals surface area contributed by atoms with Crippen molar-refractivity contribution in [2.75, 3.05) is 5.32 Å². The van der Waals surface area contributed by atoms with Crippen LogP contribution in [-0.2, 0) is 20.7 Å². The Balaban J connectivity index is 2.38. The first kappa shape index (κ1) is 16.2. The molecule has 1 amide bonds. The number of hydrogen-bond donors (Lipinski definition) is 1. The lowest BCUT2D eigenvalue weighted by Gasteiger charge is -2.19. The summed E-state index contributed by atoms with van der Waals surface area (Å²) in [5, 5.41) is 2.76. The van der Waals surface area contributed by atoms with E-state index in [1.165, 1.54) is 5.56 Å². The summed E-state index contributed by atoms with van der Waals surface area (Å²) in [6.45, 7) is 7.50. The number of nitrogens with one attached hydrogen (secondary N) is 1. The molecule has 0 fully saturated rings. The molecular weight excluding hydrogens is 254 g/mol. The van der Waals surface area contributed by atoms with Crippen LogP contribution < -0.4 is 5.32 Å². The van der Waals surface area contributed by atoms with Crippen LogP contribution in [0.5, 0.6) is 0 Å². The molecule has 0 aliphatic rings. The molecule has 1 N–H and O–H groups in total. The number of ether oxygens (including phenoxy) is 1. The molecule has 110 valence electrons. The van der Waals surface area contributed by atoms with Crippen LogP contribution in [0.4, 0.5) is 5.69 Å². The average molecular weight is 277 g/mol. The van der Waals surface area contributed by atoms with E-state index < -0.39 is 5.60 Å². The molecule has 0 unspecified atom stereocenters. The van der Waals surface area contributed by atoms with Gasteiger partial charge in [0.05, 0.1) is 6.42 Å². The summed E-state index contributed by atoms with van der Waals surface area (Å²) >= 11 is 0. The highest BCUT2D eigenvalue weighted by atomic mass is 16.6. The van der Waals surface area contributed by atoms with Gasteiger partial charge in [-0.25, -0.2) is 0 Å². The average Bonchev–Trinajstić information content (AvgIpc) is 2.35. The molecule has 1 aromatic carbocycles. The fraction of sp³-hybridized carbons (Fsp3) is 0.500. The molecule has 0 aromatic heterocycles. The summed E-state index contributed by atoms with van der Waals surface area (Å²) in [5.74, 6) is -0.533. The molecule has 0 atom stereocenters. The molecule has 1 rings (SSSR count). The molecule has 0 aliphatic carbocycles. The van der Waals surface area contributed by atoms with Gasteiger partial charge in [-0.1, -0.05) is 19.1 Å². The van der Waals surface area contributed by atoms with Gasteiger partial charge in [0.25, 0.3) is 0 Å². The predicted octanol–water partition coefficient (Wildman–Crippen LogP) is 3.31. The monoisotopic (exact) mass is 277 g/mol. The Bertz CT molecular complexity index is 458. The minimum atomic E-state index is -0.510. The van der Waals surface area contributed by atoms with Crippen LogP contribution in [0.25, 0.3) is 0 Å². The van der Waals surface area contributed by atoms with E-state index in [0.717, 1.165) is 12.1 Å². The Hall–Kier alpha value is -1.84. The van der Waals surface area contributed by atoms with Crippen LogP contribution in [0.2, 0.25) is 0 Å². The maximum atomic E-state index is 11.7. The molecule has 0 radical (unpaired) electrons. The van der Waals surface area contributed by atoms with Crippen LogP contribution in [-0.4, -0.2) is 17.5 Å². The highest BCUT2D eigenvalue weighted by molar-refractivity contribution is 5.92. The van der Waals surface area contributed by atoms with E-state index in [2.05, 4.69) is 12.2 Å². The first-order chi connectivity index (χ1) is 9.30. The minimum Gasteiger partial charge on any atom is -0.460 e. The number of rotatable bonds is 5. The summed E-state index contributed by atoms with van der Waals surface area (Å²) in [6.07, 6.45) is 1.19. The summed E-state index contributed by atoms with van der Waals surface area (Å²) in [6, 6.07) is 7.68. The van der Waals surface area contributed by atoms with Gasteiger partial charge in [0.2, 0.25) is 5.91 Å². The van der Waals surface area contributed by atoms with Crippen molar-refractivity contribution in [3.05, 3.63) is 29.8 Å². The molecule has 4 heteroatoms. The van der Waals surface area contributed by atoms with Gasteiger partial charge in [0, 0.05) is 12.1 Å². The molecular formula is C16H23NO3. The van der Waals surface area contributed by atoms with E-state index >= 15 is 0 Å². The van der Waals surface area contributed by atoms with E-state index in [-0.39, 0.29) is 24.7 Å². The van der Waals surface area contributed by atoms with E-state index in [4.69, 9.17) is 4.74 Å². The topological polar surface area (TPSA) is 55.4 Å². The van der Waals surface area contributed by atoms with Gasteiger partial charge in [-0.3, -0.25) is 9.59 Å². The zero-order valence-corrected chi connectivity index (χ0v) is 12.7. The third-order valence-electron chi connectivity index (χ3n) is 2.62. The number of hydrogen-bond acceptors (Lipinski definition) is 3. The van der Waals surface area contributed by atoms with Crippen LogP contribution >= 0.6 is 0 Å². The normalized spacial score (nSPS) is 11.0. The largest absolute Gasteiger partial charge is 0.460 e. The van der Waals surface area contributed by atoms with Gasteiger partial charge >= 0.3 is 5.97 Å². The number of esters is 1. The second kappa shape index (κ2) is 7.08. The number of anilines is 1. The Morgan fingerprint density at radius 1 is 1.10 bits per heavy atom. The van der Waals surface area contributed by atoms with Crippen molar-refractivity contribution in [2.24, 2.45) is 0 Å². The molecule has 1 aromatic rings. The zero-order chi connectivity index (χ0) is 15.2. The first-order valence-corrected chi connectivity index (χ1v) is 6.91. The van der Waals surface area contributed by atoms with Crippen molar-refractivity contribution in [3.8, 4) is 0 Å². The van der Waals surface area contributed by atoms with Gasteiger partial charge < -0.3 is 10.1 Å². The van der Waals surface area contributed by atoms with Crippen molar-refractivity contribution in [1.29, 1.82) is 0 Å². The van der Waals surface area contributed by atoms with Gasteiger partial charge in [0.1, 0.15) is 5.60 Å². The van der Waals surface area contributed by atoms with E-state index in [0.29, 0.717) is 0 Å². The maximum absolute atomic E-state index is 11.7. The molecule has 0 spiro atoms. The Morgan fingerprint density at radius 3 is 2.20 bits per heavy atom. The fourth-order valence-electron chi connectivity index (χ4n) is 1.66. The second-order valence-corrected chi connectivity index (χ2v) is 5.69. The summed E-state index contributed by atoms with van der Waals surface area (Å²) < 4.78 is 5.15. The van der Waals surface area contributed by atoms with Crippen LogP contribution in [0, 0.1) is 0 Å². The summed E-state index contributed by atoms with van der Waals surface area (Å²) in [7, 11) is 0. The highest BCUT2D eigenvalue weighted by Gasteiger charge is 2.17. The predicted molar refractivity (Wildman–Crippen MR) is 79.5 cm³/mol. The lowest BCUT2D eigenvalue weighted by Crippen LogP contribution is -2.24. The number of amides is 1. The van der Waals surface area contributed by atoms with Crippen molar-refractivity contribution in [2.45, 2.75) is 52.6 Å². The maximum Gasteiger partial charge on any atom is 0.306 e. The van der Waals surface area contributed by atoms with Crippen molar-refractivity contribution in [3.63, 3.8) is 0 Å². The molecule has 0 saturated carbocycles. The Kier molecular flexibility index (Phi) is 5.74. The second-order valence-electron chi connectivity index (χ2n) is 5.69. The van der Waals surface area contributed by atoms with Crippen molar-refractivity contribution >= 4 is 17.6 Å². The molecule has 0 heterocycles. The smallest absolute Gasteiger partial charge is 0.306 e. The third kappa shape index (κ3) is 6.36. The first-order valence-electron chi connectivity index (χ1n) is 6.91. The van der Waals surface area contributed by atoms with E-state index in [1.807, 2.05) is 24.3 Å². The standard InChI is InChI=1S/C16H23NO3/c1-5-12-6-8-13(9-7-12)17-14(18)10-11-15(19)20-16(2,3)4/h6-9H,5,10-11H2,1-4H3,(H,17,18). The highest BCUT2D eigenvalue weighted by Crippen LogP contribution is 2.12. The zero-order valence-electron chi connectivity index (χ0n) is 12.7. The van der Waals surface area contributed by atoms with E-state index in [1.54, 1.807) is 20.8 Å². The lowest BCUT2D eigenvalue weighted by atomic mass is 10.1. The quantitative estimate of drug-likeness (QED) is 0.840. The number of aryl methyl sites for hydroxylation is 1. The molecule has 20 heavy (non-hydrogen) atoms. The molecule has 4 nitrogen and oxygen atoms in total. The summed E-state index contributed by atoms with van der Waals surface area (Å²) in [5.41, 5.74) is 1.46. The van der Waals surface area contributed by atoms with Gasteiger partial charge in [-0.2, -0.15) is 0 Å². The van der Waals surface area contributed by atoms with Crippen LogP contribution in [0.1, 0.15) is 46.1 Å². The van der Waals surface area contributed by atoms with Crippen LogP contribution in [0.3, 0.4) is 0 Å². The van der Waals surface area contributed by atoms with Gasteiger partial charge in [0.15, 0.2) is 0 Å². The summed E-state index contributed by atoms with van der Waals surface area (Å²) in [4.78, 5) is 23.2. The third-order valence-corrected chi connectivity index (χ3v) is 2.62. The molecule has 0 saturated heterocycles. The number of carbonyl (C=O) groups is 2. The van der Waals surface area contributed by atoms with E-state index in [9.17, 15) is 9.59 Å². The number of carbonyl (C=O) groups excluding carboxylic acids is 2. The SMILES string of the molecule is CCc1ccc(NC(=O)CCC(=O)OC(C)(C)C)cc1. The molecule has 0 aliphatic heterocycles. The van der Waals surface area contributed by atoms with Crippen molar-refractivity contribution < 1.29 is 14.3 Å². The number of benzene rings is 1. The Labute approximate surface area is 120 Å². The van der Waals surface area contributed by atoms with Gasteiger partial charge in [-0.15, -0.1) is 0 Å². The Morgan fingerprint density at radius 2 is 1.70 bits per heavy atom. The van der Waals surface area contributed by atoms with Crippen molar-refractivity contribution in [1.82, 2.24) is 0 Å².